The summed E-state index contributed by atoms with van der Waals surface area (Å²) in [7, 11) is 0. The first-order valence-electron chi connectivity index (χ1n) is 4.57. The molecule has 3 rings (SSSR count). The van der Waals surface area contributed by atoms with Gasteiger partial charge < -0.3 is 10.5 Å². The summed E-state index contributed by atoms with van der Waals surface area (Å²) >= 11 is 0. The molecule has 1 fully saturated rings. The van der Waals surface area contributed by atoms with Gasteiger partial charge in [-0.05, 0) is 0 Å². The molecule has 0 aromatic carbocycles. The zero-order chi connectivity index (χ0) is 11.3. The number of nitrogens with one attached hydrogen (secondary N) is 1. The first-order chi connectivity index (χ1) is 7.66. The van der Waals surface area contributed by atoms with E-state index in [1.54, 1.807) is 0 Å². The highest BCUT2D eigenvalue weighted by Gasteiger charge is 2.39. The molecule has 2 aliphatic heterocycles. The number of amides is 1. The Labute approximate surface area is 88.8 Å². The van der Waals surface area contributed by atoms with Crippen molar-refractivity contribution in [3.63, 3.8) is 0 Å². The van der Waals surface area contributed by atoms with E-state index < -0.39 is 11.7 Å². The van der Waals surface area contributed by atoms with Gasteiger partial charge in [0.25, 0.3) is 5.56 Å². The number of aromatic nitrogens is 2. The van der Waals surface area contributed by atoms with Crippen molar-refractivity contribution < 1.29 is 9.53 Å². The number of carbonyl (C=O) groups is 1. The van der Waals surface area contributed by atoms with E-state index in [4.69, 9.17) is 10.5 Å². The number of aromatic amines is 1. The molecule has 1 aromatic heterocycles. The van der Waals surface area contributed by atoms with Crippen LogP contribution >= 0.6 is 0 Å². The average molecular weight is 221 g/mol. The topological polar surface area (TPSA) is 114 Å². The molecular formula is C8H7N5O3. The monoisotopic (exact) mass is 221 g/mol. The van der Waals surface area contributed by atoms with Gasteiger partial charge in [0, 0.05) is 6.21 Å². The quantitative estimate of drug-likeness (QED) is 0.606. The minimum Gasteiger partial charge on any atom is -0.447 e. The summed E-state index contributed by atoms with van der Waals surface area (Å²) in [5.74, 6) is 0.100. The normalized spacial score (nSPS) is 21.6. The molecule has 8 heteroatoms. The van der Waals surface area contributed by atoms with Crippen molar-refractivity contribution in [2.24, 2.45) is 4.99 Å². The maximum atomic E-state index is 11.7. The first-order valence-corrected chi connectivity index (χ1v) is 4.57. The van der Waals surface area contributed by atoms with Crippen molar-refractivity contribution in [3.05, 3.63) is 10.4 Å². The SMILES string of the molecule is Nc1nc2c(c(=O)[nH]1)N1C(=O)OC[C@H]1C=N2. The van der Waals surface area contributed by atoms with Crippen LogP contribution in [-0.2, 0) is 4.74 Å². The fourth-order valence-electron chi connectivity index (χ4n) is 1.74. The van der Waals surface area contributed by atoms with Gasteiger partial charge in [-0.1, -0.05) is 0 Å². The number of ether oxygens (including phenoxy) is 1. The van der Waals surface area contributed by atoms with Crippen LogP contribution in [0.15, 0.2) is 9.79 Å². The van der Waals surface area contributed by atoms with Crippen molar-refractivity contribution in [1.82, 2.24) is 9.97 Å². The van der Waals surface area contributed by atoms with Crippen molar-refractivity contribution in [2.75, 3.05) is 17.2 Å². The Balaban J connectivity index is 2.27. The van der Waals surface area contributed by atoms with Crippen LogP contribution in [0.25, 0.3) is 0 Å². The number of nitrogens with zero attached hydrogens (tertiary/aromatic N) is 3. The molecule has 16 heavy (non-hydrogen) atoms. The van der Waals surface area contributed by atoms with Crippen LogP contribution in [0.3, 0.4) is 0 Å². The molecule has 1 saturated heterocycles. The largest absolute Gasteiger partial charge is 0.447 e. The smallest absolute Gasteiger partial charge is 0.415 e. The second-order valence-electron chi connectivity index (χ2n) is 3.42. The molecule has 3 heterocycles. The van der Waals surface area contributed by atoms with Crippen LogP contribution in [0, 0.1) is 0 Å². The number of carbonyl (C=O) groups excluding carboxylic acids is 1. The second-order valence-corrected chi connectivity index (χ2v) is 3.42. The molecule has 3 N–H and O–H groups in total. The zero-order valence-electron chi connectivity index (χ0n) is 8.01. The third-order valence-corrected chi connectivity index (χ3v) is 2.41. The highest BCUT2D eigenvalue weighted by molar-refractivity contribution is 6.00. The molecule has 82 valence electrons. The highest BCUT2D eigenvalue weighted by Crippen LogP contribution is 2.30. The summed E-state index contributed by atoms with van der Waals surface area (Å²) in [5.41, 5.74) is 4.97. The molecule has 0 aliphatic carbocycles. The van der Waals surface area contributed by atoms with E-state index in [0.29, 0.717) is 0 Å². The van der Waals surface area contributed by atoms with Crippen LogP contribution in [0.5, 0.6) is 0 Å². The van der Waals surface area contributed by atoms with Crippen LogP contribution in [-0.4, -0.2) is 34.9 Å². The van der Waals surface area contributed by atoms with E-state index in [2.05, 4.69) is 15.0 Å². The molecule has 8 nitrogen and oxygen atoms in total. The number of hydrogen-bond acceptors (Lipinski definition) is 6. The van der Waals surface area contributed by atoms with Crippen molar-refractivity contribution in [1.29, 1.82) is 0 Å². The van der Waals surface area contributed by atoms with E-state index in [0.717, 1.165) is 0 Å². The number of H-pyrrole nitrogens is 1. The Hall–Kier alpha value is -2.38. The molecule has 0 saturated carbocycles. The van der Waals surface area contributed by atoms with Gasteiger partial charge in [-0.25, -0.2) is 9.79 Å². The van der Waals surface area contributed by atoms with Gasteiger partial charge in [-0.15, -0.1) is 0 Å². The number of hydrogen-bond donors (Lipinski definition) is 2. The summed E-state index contributed by atoms with van der Waals surface area (Å²) in [6, 6.07) is -0.341. The summed E-state index contributed by atoms with van der Waals surface area (Å²) in [4.78, 5) is 34.5. The van der Waals surface area contributed by atoms with Gasteiger partial charge in [0.15, 0.2) is 11.5 Å². The van der Waals surface area contributed by atoms with E-state index in [1.165, 1.54) is 11.1 Å². The summed E-state index contributed by atoms with van der Waals surface area (Å²) < 4.78 is 4.83. The lowest BCUT2D eigenvalue weighted by Gasteiger charge is -2.21. The molecule has 1 amide bonds. The fourth-order valence-corrected chi connectivity index (χ4v) is 1.74. The number of aliphatic imine (C=N–C) groups is 1. The summed E-state index contributed by atoms with van der Waals surface area (Å²) in [5, 5.41) is 0. The van der Waals surface area contributed by atoms with E-state index in [9.17, 15) is 9.59 Å². The Morgan fingerprint density at radius 1 is 1.56 bits per heavy atom. The number of fused-ring (bicyclic) bond motifs is 3. The maximum absolute atomic E-state index is 11.7. The fraction of sp³-hybridized carbons (Fsp3) is 0.250. The second kappa shape index (κ2) is 2.81. The van der Waals surface area contributed by atoms with Gasteiger partial charge in [0.1, 0.15) is 12.6 Å². The van der Waals surface area contributed by atoms with Gasteiger partial charge in [0.2, 0.25) is 5.95 Å². The molecular weight excluding hydrogens is 214 g/mol. The predicted octanol–water partition coefficient (Wildman–Crippen LogP) is -0.607. The molecule has 2 aliphatic rings. The molecule has 1 atom stereocenters. The van der Waals surface area contributed by atoms with Gasteiger partial charge in [0.05, 0.1) is 0 Å². The molecule has 0 radical (unpaired) electrons. The third kappa shape index (κ3) is 1.03. The van der Waals surface area contributed by atoms with Gasteiger partial charge in [-0.2, -0.15) is 4.98 Å². The Morgan fingerprint density at radius 3 is 3.19 bits per heavy atom. The van der Waals surface area contributed by atoms with Crippen LogP contribution in [0.2, 0.25) is 0 Å². The van der Waals surface area contributed by atoms with E-state index >= 15 is 0 Å². The maximum Gasteiger partial charge on any atom is 0.415 e. The molecule has 1 aromatic rings. The molecule has 0 spiro atoms. The van der Waals surface area contributed by atoms with E-state index in [-0.39, 0.29) is 30.1 Å². The zero-order valence-corrected chi connectivity index (χ0v) is 8.01. The number of nitrogen functional groups attached to an aromatic ring is 1. The van der Waals surface area contributed by atoms with Crippen LogP contribution in [0.4, 0.5) is 22.2 Å². The predicted molar refractivity (Wildman–Crippen MR) is 55.0 cm³/mol. The molecule has 0 unspecified atom stereocenters. The van der Waals surface area contributed by atoms with Crippen LogP contribution < -0.4 is 16.2 Å². The van der Waals surface area contributed by atoms with Crippen molar-refractivity contribution in [3.8, 4) is 0 Å². The third-order valence-electron chi connectivity index (χ3n) is 2.41. The number of nitrogens with two attached hydrogens (primary N) is 1. The summed E-state index contributed by atoms with van der Waals surface area (Å²) in [6.45, 7) is 0.186. The Kier molecular flexibility index (Phi) is 1.56. The van der Waals surface area contributed by atoms with Crippen LogP contribution in [0.1, 0.15) is 0 Å². The van der Waals surface area contributed by atoms with Crippen molar-refractivity contribution >= 4 is 29.8 Å². The Bertz CT molecular complexity index is 563. The lowest BCUT2D eigenvalue weighted by Crippen LogP contribution is -2.40. The lowest BCUT2D eigenvalue weighted by atomic mass is 10.2. The Morgan fingerprint density at radius 2 is 2.38 bits per heavy atom. The first kappa shape index (κ1) is 8.89. The average Bonchev–Trinajstić information content (AvgIpc) is 2.60. The highest BCUT2D eigenvalue weighted by atomic mass is 16.6. The lowest BCUT2D eigenvalue weighted by molar-refractivity contribution is 0.180. The number of rotatable bonds is 0. The standard InChI is InChI=1S/C8H7N5O3/c9-7-11-5-4(6(14)12-7)13-3(1-10-5)2-16-8(13)15/h1,3H,2H2,(H3,9,11,12,14)/t3-/m1/s1. The van der Waals surface area contributed by atoms with Gasteiger partial charge in [-0.3, -0.25) is 14.7 Å². The van der Waals surface area contributed by atoms with E-state index in [1.807, 2.05) is 0 Å². The number of cyclic esters (lactones) is 1. The van der Waals surface area contributed by atoms with Gasteiger partial charge >= 0.3 is 6.09 Å². The molecule has 0 bridgehead atoms. The van der Waals surface area contributed by atoms with Crippen molar-refractivity contribution in [2.45, 2.75) is 6.04 Å². The number of anilines is 2. The minimum atomic E-state index is -0.575. The minimum absolute atomic E-state index is 0.0353. The summed E-state index contributed by atoms with van der Waals surface area (Å²) in [6.07, 6.45) is 0.938.